The SMILES string of the molecule is C[C@@]12CC[C@@H]3[C@H](CCC4=CC(=O)CC[C@]43C)[C@H]1CC[C@@H]2C(=O)COS(=O)(=O)c1ccc(Br)cc1. The number of carbonyl (C=O) groups excluding carboxylic acids is 2. The lowest BCUT2D eigenvalue weighted by Gasteiger charge is -2.58. The van der Waals surface area contributed by atoms with E-state index in [0.29, 0.717) is 24.2 Å². The van der Waals surface area contributed by atoms with Crippen molar-refractivity contribution in [3.8, 4) is 0 Å². The number of halogens is 1. The molecule has 34 heavy (non-hydrogen) atoms. The van der Waals surface area contributed by atoms with Crippen molar-refractivity contribution < 1.29 is 22.2 Å². The van der Waals surface area contributed by atoms with Gasteiger partial charge in [0.25, 0.3) is 10.1 Å². The summed E-state index contributed by atoms with van der Waals surface area (Å²) in [5.41, 5.74) is 1.36. The van der Waals surface area contributed by atoms with Crippen LogP contribution in [0.25, 0.3) is 0 Å². The molecule has 6 atom stereocenters. The van der Waals surface area contributed by atoms with Gasteiger partial charge in [0, 0.05) is 16.8 Å². The fourth-order valence-electron chi connectivity index (χ4n) is 7.99. The summed E-state index contributed by atoms with van der Waals surface area (Å²) in [4.78, 5) is 25.4. The number of ketones is 2. The van der Waals surface area contributed by atoms with Gasteiger partial charge in [-0.1, -0.05) is 35.4 Å². The molecule has 4 aliphatic carbocycles. The number of hydrogen-bond acceptors (Lipinski definition) is 5. The van der Waals surface area contributed by atoms with E-state index >= 15 is 0 Å². The Morgan fingerprint density at radius 1 is 1.03 bits per heavy atom. The zero-order valence-corrected chi connectivity index (χ0v) is 22.3. The fourth-order valence-corrected chi connectivity index (χ4v) is 9.13. The number of carbonyl (C=O) groups is 2. The Bertz CT molecular complexity index is 1140. The smallest absolute Gasteiger partial charge is 0.297 e. The van der Waals surface area contributed by atoms with Gasteiger partial charge in [0.2, 0.25) is 0 Å². The molecule has 5 nitrogen and oxygen atoms in total. The first kappa shape index (κ1) is 24.4. The van der Waals surface area contributed by atoms with Gasteiger partial charge in [-0.05, 0) is 104 Å². The average Bonchev–Trinajstić information content (AvgIpc) is 3.15. The molecule has 0 heterocycles. The first-order chi connectivity index (χ1) is 16.0. The van der Waals surface area contributed by atoms with Gasteiger partial charge in [-0.25, -0.2) is 0 Å². The van der Waals surface area contributed by atoms with Crippen LogP contribution >= 0.6 is 15.9 Å². The summed E-state index contributed by atoms with van der Waals surface area (Å²) < 4.78 is 31.2. The quantitative estimate of drug-likeness (QED) is 0.430. The highest BCUT2D eigenvalue weighted by atomic mass is 79.9. The first-order valence-corrected chi connectivity index (χ1v) is 14.7. The highest BCUT2D eigenvalue weighted by molar-refractivity contribution is 9.10. The minimum atomic E-state index is -3.97. The van der Waals surface area contributed by atoms with Crippen molar-refractivity contribution in [2.24, 2.45) is 34.5 Å². The first-order valence-electron chi connectivity index (χ1n) is 12.5. The summed E-state index contributed by atoms with van der Waals surface area (Å²) in [5.74, 6) is 1.64. The molecule has 0 bridgehead atoms. The van der Waals surface area contributed by atoms with Crippen molar-refractivity contribution in [1.82, 2.24) is 0 Å². The van der Waals surface area contributed by atoms with E-state index in [-0.39, 0.29) is 33.2 Å². The molecule has 0 radical (unpaired) electrons. The van der Waals surface area contributed by atoms with Gasteiger partial charge in [0.15, 0.2) is 11.6 Å². The fraction of sp³-hybridized carbons (Fsp3) is 0.630. The third-order valence-electron chi connectivity index (χ3n) is 9.81. The standard InChI is InChI=1S/C27H33BrO5S/c1-26-13-11-19(29)15-17(26)3-8-21-22-9-10-24(27(22,2)14-12-23(21)26)25(30)16-33-34(31,32)20-6-4-18(28)5-7-20/h4-7,15,21-24H,3,8-14,16H2,1-2H3/t21-,22-,23-,24-,26-,27-/m1/s1. The second-order valence-electron chi connectivity index (χ2n) is 11.3. The molecule has 3 saturated carbocycles. The molecule has 0 unspecified atom stereocenters. The molecule has 0 spiro atoms. The summed E-state index contributed by atoms with van der Waals surface area (Å²) in [6, 6.07) is 6.24. The van der Waals surface area contributed by atoms with E-state index in [1.54, 1.807) is 12.1 Å². The number of fused-ring (bicyclic) bond motifs is 5. The Hall–Kier alpha value is -1.31. The van der Waals surface area contributed by atoms with Crippen LogP contribution in [-0.4, -0.2) is 26.6 Å². The van der Waals surface area contributed by atoms with Crippen molar-refractivity contribution in [2.45, 2.75) is 70.1 Å². The Balaban J connectivity index is 1.30. The number of Topliss-reactive ketones (excluding diaryl/α,β-unsaturated/α-hetero) is 1. The Morgan fingerprint density at radius 3 is 2.50 bits per heavy atom. The van der Waals surface area contributed by atoms with E-state index in [2.05, 4.69) is 29.8 Å². The highest BCUT2D eigenvalue weighted by Gasteiger charge is 2.60. The van der Waals surface area contributed by atoms with Crippen molar-refractivity contribution >= 4 is 37.6 Å². The van der Waals surface area contributed by atoms with E-state index in [0.717, 1.165) is 49.4 Å². The predicted octanol–water partition coefficient (Wildman–Crippen LogP) is 5.87. The lowest BCUT2D eigenvalue weighted by molar-refractivity contribution is -0.132. The van der Waals surface area contributed by atoms with Crippen LogP contribution in [0.4, 0.5) is 0 Å². The second kappa shape index (κ2) is 8.67. The predicted molar refractivity (Wildman–Crippen MR) is 132 cm³/mol. The van der Waals surface area contributed by atoms with E-state index in [4.69, 9.17) is 4.18 Å². The van der Waals surface area contributed by atoms with Crippen molar-refractivity contribution in [2.75, 3.05) is 6.61 Å². The van der Waals surface area contributed by atoms with Gasteiger partial charge < -0.3 is 0 Å². The van der Waals surface area contributed by atoms with Gasteiger partial charge in [-0.15, -0.1) is 0 Å². The zero-order valence-electron chi connectivity index (χ0n) is 19.9. The monoisotopic (exact) mass is 548 g/mol. The Morgan fingerprint density at radius 2 is 1.76 bits per heavy atom. The molecular formula is C27H33BrO5S. The molecule has 5 rings (SSSR count). The van der Waals surface area contributed by atoms with Crippen LogP contribution in [-0.2, 0) is 23.9 Å². The molecule has 0 saturated heterocycles. The van der Waals surface area contributed by atoms with E-state index in [1.165, 1.54) is 17.7 Å². The highest BCUT2D eigenvalue weighted by Crippen LogP contribution is 2.66. The van der Waals surface area contributed by atoms with Crippen LogP contribution in [0.15, 0.2) is 45.3 Å². The molecule has 0 N–H and O–H groups in total. The summed E-state index contributed by atoms with van der Waals surface area (Å²) in [6.07, 6.45) is 9.48. The van der Waals surface area contributed by atoms with Gasteiger partial charge in [0.1, 0.15) is 6.61 Å². The maximum Gasteiger partial charge on any atom is 0.297 e. The van der Waals surface area contributed by atoms with E-state index in [1.807, 2.05) is 6.08 Å². The minimum absolute atomic E-state index is 0.0600. The molecule has 4 aliphatic rings. The molecule has 0 aliphatic heterocycles. The topological polar surface area (TPSA) is 77.5 Å². The molecule has 184 valence electrons. The molecule has 0 amide bonds. The van der Waals surface area contributed by atoms with E-state index in [9.17, 15) is 18.0 Å². The third kappa shape index (κ3) is 3.96. The minimum Gasteiger partial charge on any atom is -0.297 e. The van der Waals surface area contributed by atoms with Crippen molar-refractivity contribution in [3.63, 3.8) is 0 Å². The third-order valence-corrected chi connectivity index (χ3v) is 11.6. The maximum absolute atomic E-state index is 13.3. The molecule has 7 heteroatoms. The van der Waals surface area contributed by atoms with Crippen LogP contribution in [0.3, 0.4) is 0 Å². The molecule has 1 aromatic rings. The van der Waals surface area contributed by atoms with Gasteiger partial charge >= 0.3 is 0 Å². The van der Waals surface area contributed by atoms with Gasteiger partial charge in [-0.2, -0.15) is 8.42 Å². The van der Waals surface area contributed by atoms with E-state index < -0.39 is 16.7 Å². The summed E-state index contributed by atoms with van der Waals surface area (Å²) in [7, 11) is -3.97. The van der Waals surface area contributed by atoms with Gasteiger partial charge in [-0.3, -0.25) is 13.8 Å². The summed E-state index contributed by atoms with van der Waals surface area (Å²) in [6.45, 7) is 4.22. The number of rotatable bonds is 5. The molecule has 0 aromatic heterocycles. The normalized spacial score (nSPS) is 37.4. The maximum atomic E-state index is 13.3. The number of hydrogen-bond donors (Lipinski definition) is 0. The lowest BCUT2D eigenvalue weighted by atomic mass is 9.46. The van der Waals surface area contributed by atoms with Gasteiger partial charge in [0.05, 0.1) is 4.90 Å². The molecule has 1 aromatic carbocycles. The van der Waals surface area contributed by atoms with Crippen LogP contribution in [0.1, 0.15) is 65.2 Å². The van der Waals surface area contributed by atoms with Crippen LogP contribution in [0.5, 0.6) is 0 Å². The summed E-state index contributed by atoms with van der Waals surface area (Å²) in [5, 5.41) is 0. The van der Waals surface area contributed by atoms with Crippen molar-refractivity contribution in [3.05, 3.63) is 40.4 Å². The van der Waals surface area contributed by atoms with Crippen LogP contribution < -0.4 is 0 Å². The van der Waals surface area contributed by atoms with Crippen LogP contribution in [0.2, 0.25) is 0 Å². The average molecular weight is 550 g/mol. The number of benzene rings is 1. The summed E-state index contributed by atoms with van der Waals surface area (Å²) >= 11 is 3.30. The Labute approximate surface area is 211 Å². The Kier molecular flexibility index (Phi) is 6.22. The molecular weight excluding hydrogens is 516 g/mol. The zero-order chi connectivity index (χ0) is 24.3. The van der Waals surface area contributed by atoms with Crippen LogP contribution in [0, 0.1) is 34.5 Å². The van der Waals surface area contributed by atoms with Crippen molar-refractivity contribution in [1.29, 1.82) is 0 Å². The largest absolute Gasteiger partial charge is 0.297 e. The number of allylic oxidation sites excluding steroid dienone is 1. The molecule has 3 fully saturated rings. The lowest BCUT2D eigenvalue weighted by Crippen LogP contribution is -2.51. The second-order valence-corrected chi connectivity index (χ2v) is 13.8.